The number of benzene rings is 2. The number of halogens is 1. The van der Waals surface area contributed by atoms with Crippen molar-refractivity contribution in [3.05, 3.63) is 65.0 Å². The number of ether oxygens (including phenoxy) is 1. The van der Waals surface area contributed by atoms with Crippen LogP contribution in [0.2, 0.25) is 0 Å². The number of nitrogens with one attached hydrogen (secondary N) is 1. The van der Waals surface area contributed by atoms with E-state index in [1.165, 1.54) is 19.1 Å². The molecule has 1 N–H and O–H groups in total. The molecule has 0 spiro atoms. The molecule has 0 atom stereocenters. The van der Waals surface area contributed by atoms with Crippen LogP contribution in [0.5, 0.6) is 0 Å². The third-order valence-corrected chi connectivity index (χ3v) is 3.55. The summed E-state index contributed by atoms with van der Waals surface area (Å²) >= 11 is 0. The number of hydrogen-bond acceptors (Lipinski definition) is 4. The Morgan fingerprint density at radius 3 is 2.48 bits per heavy atom. The monoisotopic (exact) mass is 343 g/mol. The molecule has 0 radical (unpaired) electrons. The predicted molar refractivity (Wildman–Crippen MR) is 90.9 cm³/mol. The quantitative estimate of drug-likeness (QED) is 0.646. The molecule has 25 heavy (non-hydrogen) atoms. The van der Waals surface area contributed by atoms with E-state index in [2.05, 4.69) is 5.32 Å². The van der Waals surface area contributed by atoms with E-state index in [1.54, 1.807) is 6.07 Å². The van der Waals surface area contributed by atoms with Crippen molar-refractivity contribution in [3.63, 3.8) is 0 Å². The summed E-state index contributed by atoms with van der Waals surface area (Å²) in [6.07, 6.45) is 0.0455. The Labute approximate surface area is 144 Å². The van der Waals surface area contributed by atoms with Crippen LogP contribution in [-0.4, -0.2) is 24.3 Å². The Morgan fingerprint density at radius 1 is 1.12 bits per heavy atom. The molecule has 0 heterocycles. The van der Waals surface area contributed by atoms with E-state index in [1.807, 2.05) is 25.1 Å². The van der Waals surface area contributed by atoms with Crippen LogP contribution in [0, 0.1) is 12.7 Å². The number of amides is 1. The van der Waals surface area contributed by atoms with Gasteiger partial charge in [-0.2, -0.15) is 0 Å². The van der Waals surface area contributed by atoms with Gasteiger partial charge >= 0.3 is 5.97 Å². The average molecular weight is 343 g/mol. The lowest BCUT2D eigenvalue weighted by atomic mass is 10.1. The zero-order valence-electron chi connectivity index (χ0n) is 14.0. The van der Waals surface area contributed by atoms with Crippen LogP contribution in [0.3, 0.4) is 0 Å². The van der Waals surface area contributed by atoms with E-state index in [0.717, 1.165) is 17.2 Å². The van der Waals surface area contributed by atoms with Crippen molar-refractivity contribution in [3.8, 4) is 0 Å². The van der Waals surface area contributed by atoms with Gasteiger partial charge in [0.1, 0.15) is 5.82 Å². The Hall–Kier alpha value is -3.02. The Morgan fingerprint density at radius 2 is 1.84 bits per heavy atom. The van der Waals surface area contributed by atoms with Gasteiger partial charge in [0.25, 0.3) is 0 Å². The van der Waals surface area contributed by atoms with E-state index in [-0.39, 0.29) is 23.6 Å². The van der Waals surface area contributed by atoms with Gasteiger partial charge in [-0.3, -0.25) is 14.4 Å². The first-order valence-electron chi connectivity index (χ1n) is 7.67. The molecule has 0 bridgehead atoms. The normalized spacial score (nSPS) is 10.2. The smallest absolute Gasteiger partial charge is 0.310 e. The molecule has 0 saturated carbocycles. The number of aryl methyl sites for hydroxylation is 1. The summed E-state index contributed by atoms with van der Waals surface area (Å²) in [5, 5.41) is 2.42. The van der Waals surface area contributed by atoms with Gasteiger partial charge in [0.05, 0.1) is 12.0 Å². The second-order valence-electron chi connectivity index (χ2n) is 5.56. The lowest BCUT2D eigenvalue weighted by molar-refractivity contribution is -0.141. The van der Waals surface area contributed by atoms with Crippen LogP contribution in [0.4, 0.5) is 10.1 Å². The zero-order chi connectivity index (χ0) is 18.4. The van der Waals surface area contributed by atoms with Crippen molar-refractivity contribution in [2.24, 2.45) is 0 Å². The Kier molecular flexibility index (Phi) is 6.00. The van der Waals surface area contributed by atoms with Crippen LogP contribution in [0.1, 0.15) is 28.4 Å². The number of rotatable bonds is 6. The molecule has 0 unspecified atom stereocenters. The standard InChI is InChI=1S/C19H18FNO4/c1-12-5-3-4-6-14(12)9-19(24)25-11-18(23)16-8-7-15(10-17(16)20)21-13(2)22/h3-8,10H,9,11H2,1-2H3,(H,21,22). The number of carbonyl (C=O) groups excluding carboxylic acids is 3. The van der Waals surface area contributed by atoms with Gasteiger partial charge in [0.15, 0.2) is 6.61 Å². The summed E-state index contributed by atoms with van der Waals surface area (Å²) in [4.78, 5) is 34.8. The van der Waals surface area contributed by atoms with Gasteiger partial charge in [-0.15, -0.1) is 0 Å². The molecule has 0 aliphatic carbocycles. The summed E-state index contributed by atoms with van der Waals surface area (Å²) in [6, 6.07) is 11.1. The first-order valence-corrected chi connectivity index (χ1v) is 7.67. The topological polar surface area (TPSA) is 72.5 Å². The molecule has 0 fully saturated rings. The van der Waals surface area contributed by atoms with Gasteiger partial charge in [0.2, 0.25) is 11.7 Å². The first-order chi connectivity index (χ1) is 11.9. The second-order valence-corrected chi connectivity index (χ2v) is 5.56. The molecular weight excluding hydrogens is 325 g/mol. The van der Waals surface area contributed by atoms with Crippen LogP contribution < -0.4 is 5.32 Å². The number of hydrogen-bond donors (Lipinski definition) is 1. The van der Waals surface area contributed by atoms with Gasteiger partial charge in [-0.1, -0.05) is 24.3 Å². The number of Topliss-reactive ketones (excluding diaryl/α,β-unsaturated/α-hetero) is 1. The van der Waals surface area contributed by atoms with Gasteiger partial charge < -0.3 is 10.1 Å². The van der Waals surface area contributed by atoms with Crippen molar-refractivity contribution in [1.82, 2.24) is 0 Å². The number of ketones is 1. The SMILES string of the molecule is CC(=O)Nc1ccc(C(=O)COC(=O)Cc2ccccc2C)c(F)c1. The highest BCUT2D eigenvalue weighted by Crippen LogP contribution is 2.15. The van der Waals surface area contributed by atoms with E-state index in [9.17, 15) is 18.8 Å². The minimum Gasteiger partial charge on any atom is -0.457 e. The molecule has 1 amide bonds. The molecular formula is C19H18FNO4. The number of esters is 1. The summed E-state index contributed by atoms with van der Waals surface area (Å²) in [6.45, 7) is 2.63. The predicted octanol–water partition coefficient (Wildman–Crippen LogP) is 3.06. The maximum Gasteiger partial charge on any atom is 0.310 e. The summed E-state index contributed by atoms with van der Waals surface area (Å²) in [7, 11) is 0. The fraction of sp³-hybridized carbons (Fsp3) is 0.211. The molecule has 2 rings (SSSR count). The highest BCUT2D eigenvalue weighted by Gasteiger charge is 2.15. The highest BCUT2D eigenvalue weighted by molar-refractivity contribution is 5.99. The first kappa shape index (κ1) is 18.3. The minimum absolute atomic E-state index is 0.0455. The molecule has 0 aliphatic rings. The molecule has 2 aromatic rings. The van der Waals surface area contributed by atoms with Crippen molar-refractivity contribution in [1.29, 1.82) is 0 Å². The van der Waals surface area contributed by atoms with Crippen molar-refractivity contribution < 1.29 is 23.5 Å². The van der Waals surface area contributed by atoms with E-state index in [0.29, 0.717) is 0 Å². The van der Waals surface area contributed by atoms with Crippen LogP contribution in [0.25, 0.3) is 0 Å². The number of anilines is 1. The lowest BCUT2D eigenvalue weighted by Crippen LogP contribution is -2.17. The van der Waals surface area contributed by atoms with E-state index in [4.69, 9.17) is 4.74 Å². The molecule has 6 heteroatoms. The maximum atomic E-state index is 14.0. The molecule has 0 saturated heterocycles. The van der Waals surface area contributed by atoms with E-state index < -0.39 is 24.2 Å². The third kappa shape index (κ3) is 5.24. The highest BCUT2D eigenvalue weighted by atomic mass is 19.1. The second kappa shape index (κ2) is 8.19. The molecule has 2 aromatic carbocycles. The molecule has 0 aromatic heterocycles. The molecule has 5 nitrogen and oxygen atoms in total. The van der Waals surface area contributed by atoms with Crippen LogP contribution in [0.15, 0.2) is 42.5 Å². The Bertz CT molecular complexity index is 817. The Balaban J connectivity index is 1.94. The fourth-order valence-electron chi connectivity index (χ4n) is 2.26. The number of carbonyl (C=O) groups is 3. The van der Waals surface area contributed by atoms with Gasteiger partial charge in [0, 0.05) is 12.6 Å². The van der Waals surface area contributed by atoms with Crippen molar-refractivity contribution >= 4 is 23.3 Å². The van der Waals surface area contributed by atoms with Gasteiger partial charge in [-0.25, -0.2) is 4.39 Å². The van der Waals surface area contributed by atoms with E-state index >= 15 is 0 Å². The van der Waals surface area contributed by atoms with Crippen LogP contribution >= 0.6 is 0 Å². The van der Waals surface area contributed by atoms with Crippen molar-refractivity contribution in [2.45, 2.75) is 20.3 Å². The molecule has 130 valence electrons. The average Bonchev–Trinajstić information content (AvgIpc) is 2.54. The summed E-state index contributed by atoms with van der Waals surface area (Å²) in [5.41, 5.74) is 1.81. The minimum atomic E-state index is -0.786. The van der Waals surface area contributed by atoms with Crippen molar-refractivity contribution in [2.75, 3.05) is 11.9 Å². The third-order valence-electron chi connectivity index (χ3n) is 3.55. The zero-order valence-corrected chi connectivity index (χ0v) is 14.0. The van der Waals surface area contributed by atoms with Crippen LogP contribution in [-0.2, 0) is 20.7 Å². The summed E-state index contributed by atoms with van der Waals surface area (Å²) < 4.78 is 18.9. The maximum absolute atomic E-state index is 14.0. The molecule has 0 aliphatic heterocycles. The summed E-state index contributed by atoms with van der Waals surface area (Å²) in [5.74, 6) is -2.34. The lowest BCUT2D eigenvalue weighted by Gasteiger charge is -2.08. The van der Waals surface area contributed by atoms with Gasteiger partial charge in [-0.05, 0) is 36.2 Å². The fourth-order valence-corrected chi connectivity index (χ4v) is 2.26. The largest absolute Gasteiger partial charge is 0.457 e.